The summed E-state index contributed by atoms with van der Waals surface area (Å²) in [7, 11) is -3.70. The predicted molar refractivity (Wildman–Crippen MR) is 117 cm³/mol. The zero-order valence-corrected chi connectivity index (χ0v) is 18.8. The van der Waals surface area contributed by atoms with E-state index in [2.05, 4.69) is 5.32 Å². The van der Waals surface area contributed by atoms with Crippen LogP contribution in [0.5, 0.6) is 5.75 Å². The molecule has 0 bridgehead atoms. The number of halogens is 1. The van der Waals surface area contributed by atoms with Gasteiger partial charge in [-0.05, 0) is 63.1 Å². The maximum atomic E-state index is 12.7. The van der Waals surface area contributed by atoms with E-state index in [9.17, 15) is 13.2 Å². The Morgan fingerprint density at radius 2 is 1.86 bits per heavy atom. The van der Waals surface area contributed by atoms with Gasteiger partial charge in [-0.15, -0.1) is 0 Å². The van der Waals surface area contributed by atoms with Crippen LogP contribution in [-0.4, -0.2) is 32.7 Å². The van der Waals surface area contributed by atoms with Gasteiger partial charge >= 0.3 is 0 Å². The van der Waals surface area contributed by atoms with Gasteiger partial charge in [-0.2, -0.15) is 0 Å². The number of nitrogens with one attached hydrogen (secondary N) is 1. The van der Waals surface area contributed by atoms with Crippen LogP contribution in [0.4, 0.5) is 5.69 Å². The molecule has 2 aromatic carbocycles. The quantitative estimate of drug-likeness (QED) is 0.678. The van der Waals surface area contributed by atoms with Crippen molar-refractivity contribution >= 4 is 33.2 Å². The highest BCUT2D eigenvalue weighted by Gasteiger charge is 2.29. The van der Waals surface area contributed by atoms with Gasteiger partial charge in [0.1, 0.15) is 11.8 Å². The number of nitrogens with zero attached hydrogens (tertiary/aromatic N) is 1. The topological polar surface area (TPSA) is 75.7 Å². The lowest BCUT2D eigenvalue weighted by molar-refractivity contribution is -0.122. The zero-order valence-electron chi connectivity index (χ0n) is 17.3. The monoisotopic (exact) mass is 438 g/mol. The maximum absolute atomic E-state index is 12.7. The molecule has 0 saturated heterocycles. The number of aryl methyl sites for hydroxylation is 1. The second-order valence-electron chi connectivity index (χ2n) is 7.20. The van der Waals surface area contributed by atoms with Gasteiger partial charge in [-0.3, -0.25) is 9.10 Å². The van der Waals surface area contributed by atoms with Crippen molar-refractivity contribution in [3.8, 4) is 5.75 Å². The van der Waals surface area contributed by atoms with Crippen LogP contribution in [0.15, 0.2) is 42.5 Å². The number of carbonyl (C=O) groups excluding carboxylic acids is 1. The molecule has 1 N–H and O–H groups in total. The molecule has 6 nitrogen and oxygen atoms in total. The molecule has 0 spiro atoms. The van der Waals surface area contributed by atoms with E-state index in [1.807, 2.05) is 45.0 Å². The first-order valence-electron chi connectivity index (χ1n) is 9.28. The lowest BCUT2D eigenvalue weighted by Gasteiger charge is -2.28. The van der Waals surface area contributed by atoms with E-state index < -0.39 is 22.0 Å². The molecule has 0 radical (unpaired) electrons. The minimum absolute atomic E-state index is 0.0458. The molecule has 1 amide bonds. The molecule has 0 saturated carbocycles. The van der Waals surface area contributed by atoms with Crippen LogP contribution >= 0.6 is 11.6 Å². The summed E-state index contributed by atoms with van der Waals surface area (Å²) in [6, 6.07) is 11.4. The van der Waals surface area contributed by atoms with E-state index in [1.54, 1.807) is 25.1 Å². The highest BCUT2D eigenvalue weighted by atomic mass is 35.5. The van der Waals surface area contributed by atoms with Gasteiger partial charge in [0.05, 0.1) is 18.0 Å². The van der Waals surface area contributed by atoms with Crippen molar-refractivity contribution in [3.63, 3.8) is 0 Å². The van der Waals surface area contributed by atoms with Gasteiger partial charge in [-0.25, -0.2) is 8.42 Å². The normalized spacial score (nSPS) is 12.5. The fourth-order valence-electron chi connectivity index (χ4n) is 2.87. The van der Waals surface area contributed by atoms with Crippen molar-refractivity contribution in [2.45, 2.75) is 46.4 Å². The summed E-state index contributed by atoms with van der Waals surface area (Å²) < 4.78 is 31.5. The molecule has 2 aromatic rings. The summed E-state index contributed by atoms with van der Waals surface area (Å²) in [6.45, 7) is 7.50. The number of hydrogen-bond acceptors (Lipinski definition) is 4. The molecule has 1 atom stereocenters. The van der Waals surface area contributed by atoms with Gasteiger partial charge in [-0.1, -0.05) is 29.8 Å². The first-order valence-corrected chi connectivity index (χ1v) is 11.5. The summed E-state index contributed by atoms with van der Waals surface area (Å²) in [4.78, 5) is 12.7. The minimum Gasteiger partial charge on any atom is -0.491 e. The predicted octanol–water partition coefficient (Wildman–Crippen LogP) is 3.91. The van der Waals surface area contributed by atoms with Crippen molar-refractivity contribution in [2.75, 3.05) is 10.6 Å². The maximum Gasteiger partial charge on any atom is 0.243 e. The van der Waals surface area contributed by atoms with Gasteiger partial charge in [0.2, 0.25) is 15.9 Å². The molecule has 0 aliphatic heterocycles. The summed E-state index contributed by atoms with van der Waals surface area (Å²) in [5, 5.41) is 3.23. The lowest BCUT2D eigenvalue weighted by atomic mass is 10.2. The zero-order chi connectivity index (χ0) is 21.8. The molecule has 0 aromatic heterocycles. The van der Waals surface area contributed by atoms with Crippen molar-refractivity contribution < 1.29 is 17.9 Å². The molecule has 0 heterocycles. The summed E-state index contributed by atoms with van der Waals surface area (Å²) in [5.74, 6) is 0.300. The van der Waals surface area contributed by atoms with Crippen molar-refractivity contribution in [1.82, 2.24) is 5.32 Å². The first-order chi connectivity index (χ1) is 13.5. The molecule has 8 heteroatoms. The average molecular weight is 439 g/mol. The van der Waals surface area contributed by atoms with Crippen molar-refractivity contribution in [2.24, 2.45) is 0 Å². The first kappa shape index (κ1) is 23.0. The van der Waals surface area contributed by atoms with E-state index in [0.717, 1.165) is 21.7 Å². The fraction of sp³-hybridized carbons (Fsp3) is 0.381. The average Bonchev–Trinajstić information content (AvgIpc) is 2.61. The molecule has 0 fully saturated rings. The van der Waals surface area contributed by atoms with E-state index in [4.69, 9.17) is 16.3 Å². The Morgan fingerprint density at radius 1 is 1.17 bits per heavy atom. The molecule has 0 unspecified atom stereocenters. The van der Waals surface area contributed by atoms with E-state index in [-0.39, 0.29) is 12.6 Å². The summed E-state index contributed by atoms with van der Waals surface area (Å²) in [6.07, 6.45) is 1.11. The third-order valence-corrected chi connectivity index (χ3v) is 5.88. The van der Waals surface area contributed by atoms with Crippen LogP contribution in [0.3, 0.4) is 0 Å². The molecular formula is C21H27ClN2O4S. The third kappa shape index (κ3) is 6.37. The van der Waals surface area contributed by atoms with Gasteiger partial charge < -0.3 is 10.1 Å². The Bertz CT molecular complexity index is 976. The van der Waals surface area contributed by atoms with Crippen LogP contribution < -0.4 is 14.4 Å². The van der Waals surface area contributed by atoms with Crippen LogP contribution in [0, 0.1) is 6.92 Å². The molecule has 29 heavy (non-hydrogen) atoms. The number of hydrogen-bond donors (Lipinski definition) is 1. The standard InChI is InChI=1S/C21H27ClN2O4S/c1-14(2)28-19-8-6-7-17(11-19)13-23-21(25)16(4)24(29(5,26)27)18-10-9-15(3)20(22)12-18/h6-12,14,16H,13H2,1-5H3,(H,23,25)/t16-/m1/s1. The number of carbonyl (C=O) groups is 1. The SMILES string of the molecule is Cc1ccc(N([C@H](C)C(=O)NCc2cccc(OC(C)C)c2)S(C)(=O)=O)cc1Cl. The second-order valence-corrected chi connectivity index (χ2v) is 9.47. The smallest absolute Gasteiger partial charge is 0.243 e. The van der Waals surface area contributed by atoms with Gasteiger partial charge in [0.25, 0.3) is 0 Å². The minimum atomic E-state index is -3.70. The highest BCUT2D eigenvalue weighted by Crippen LogP contribution is 2.26. The number of rotatable bonds is 8. The van der Waals surface area contributed by atoms with Crippen LogP contribution in [0.1, 0.15) is 31.9 Å². The molecule has 2 rings (SSSR count). The van der Waals surface area contributed by atoms with Crippen molar-refractivity contribution in [1.29, 1.82) is 0 Å². The molecule has 0 aliphatic rings. The number of benzene rings is 2. The number of sulfonamides is 1. The Labute approximate surface area is 177 Å². The van der Waals surface area contributed by atoms with Gasteiger partial charge in [0.15, 0.2) is 0 Å². The Hall–Kier alpha value is -2.25. The molecule has 158 valence electrons. The van der Waals surface area contributed by atoms with Gasteiger partial charge in [0, 0.05) is 11.6 Å². The van der Waals surface area contributed by atoms with Crippen LogP contribution in [-0.2, 0) is 21.4 Å². The van der Waals surface area contributed by atoms with E-state index in [0.29, 0.717) is 16.5 Å². The number of anilines is 1. The van der Waals surface area contributed by atoms with E-state index >= 15 is 0 Å². The number of ether oxygens (including phenoxy) is 1. The lowest BCUT2D eigenvalue weighted by Crippen LogP contribution is -2.47. The molecule has 0 aliphatic carbocycles. The highest BCUT2D eigenvalue weighted by molar-refractivity contribution is 7.92. The number of amides is 1. The largest absolute Gasteiger partial charge is 0.491 e. The van der Waals surface area contributed by atoms with Crippen LogP contribution in [0.25, 0.3) is 0 Å². The summed E-state index contributed by atoms with van der Waals surface area (Å²) >= 11 is 6.15. The third-order valence-electron chi connectivity index (χ3n) is 4.24. The summed E-state index contributed by atoms with van der Waals surface area (Å²) in [5.41, 5.74) is 2.02. The van der Waals surface area contributed by atoms with Crippen LogP contribution in [0.2, 0.25) is 5.02 Å². The Morgan fingerprint density at radius 3 is 2.45 bits per heavy atom. The molecular weight excluding hydrogens is 412 g/mol. The Kier molecular flexibility index (Phi) is 7.54. The fourth-order valence-corrected chi connectivity index (χ4v) is 4.21. The van der Waals surface area contributed by atoms with E-state index in [1.165, 1.54) is 0 Å². The Balaban J connectivity index is 2.16. The van der Waals surface area contributed by atoms with Crippen molar-refractivity contribution in [3.05, 3.63) is 58.6 Å². The second kappa shape index (κ2) is 9.50.